The Morgan fingerprint density at radius 3 is 2.50 bits per heavy atom. The lowest BCUT2D eigenvalue weighted by atomic mass is 10.2. The molecule has 0 unspecified atom stereocenters. The Morgan fingerprint density at radius 1 is 1.36 bits per heavy atom. The highest BCUT2D eigenvalue weighted by Crippen LogP contribution is 2.26. The Labute approximate surface area is 84.9 Å². The van der Waals surface area contributed by atoms with E-state index in [-0.39, 0.29) is 0 Å². The van der Waals surface area contributed by atoms with E-state index in [4.69, 9.17) is 11.6 Å². The van der Waals surface area contributed by atoms with Crippen LogP contribution >= 0.6 is 11.6 Å². The molecule has 1 aromatic rings. The topological polar surface area (TPSA) is 12.0 Å². The lowest BCUT2D eigenvalue weighted by molar-refractivity contribution is -0.115. The number of aryl methyl sites for hydroxylation is 1. The van der Waals surface area contributed by atoms with Gasteiger partial charge in [0.05, 0.1) is 10.7 Å². The number of alkyl halides is 3. The highest BCUT2D eigenvalue weighted by atomic mass is 35.5. The first kappa shape index (κ1) is 11.2. The zero-order chi connectivity index (χ0) is 10.8. The van der Waals surface area contributed by atoms with Crippen molar-refractivity contribution in [3.05, 3.63) is 28.8 Å². The van der Waals surface area contributed by atoms with Crippen molar-refractivity contribution in [2.75, 3.05) is 11.9 Å². The molecule has 0 bridgehead atoms. The second kappa shape index (κ2) is 4.09. The fourth-order valence-electron chi connectivity index (χ4n) is 1.04. The van der Waals surface area contributed by atoms with Crippen molar-refractivity contribution in [1.82, 2.24) is 0 Å². The number of hydrogen-bond donors (Lipinski definition) is 1. The summed E-state index contributed by atoms with van der Waals surface area (Å²) in [5.41, 5.74) is 1.04. The van der Waals surface area contributed by atoms with Crippen LogP contribution in [0.5, 0.6) is 0 Å². The van der Waals surface area contributed by atoms with Crippen LogP contribution in [0, 0.1) is 6.92 Å². The first-order valence-electron chi connectivity index (χ1n) is 3.96. The maximum atomic E-state index is 11.9. The highest BCUT2D eigenvalue weighted by Gasteiger charge is 2.27. The molecule has 1 rings (SSSR count). The van der Waals surface area contributed by atoms with E-state index < -0.39 is 12.7 Å². The van der Waals surface area contributed by atoms with Gasteiger partial charge in [0, 0.05) is 0 Å². The molecule has 0 aliphatic carbocycles. The van der Waals surface area contributed by atoms with E-state index in [1.54, 1.807) is 25.1 Å². The molecule has 5 heteroatoms. The zero-order valence-corrected chi connectivity index (χ0v) is 8.21. The molecule has 0 saturated heterocycles. The van der Waals surface area contributed by atoms with Gasteiger partial charge in [-0.3, -0.25) is 0 Å². The summed E-state index contributed by atoms with van der Waals surface area (Å²) in [6.07, 6.45) is -4.23. The zero-order valence-electron chi connectivity index (χ0n) is 7.45. The van der Waals surface area contributed by atoms with Gasteiger partial charge < -0.3 is 5.32 Å². The van der Waals surface area contributed by atoms with Gasteiger partial charge in [0.25, 0.3) is 0 Å². The summed E-state index contributed by atoms with van der Waals surface area (Å²) in [4.78, 5) is 0. The van der Waals surface area contributed by atoms with Crippen LogP contribution in [0.2, 0.25) is 5.02 Å². The van der Waals surface area contributed by atoms with Crippen molar-refractivity contribution in [1.29, 1.82) is 0 Å². The summed E-state index contributed by atoms with van der Waals surface area (Å²) in [5.74, 6) is 0. The smallest absolute Gasteiger partial charge is 0.375 e. The molecule has 0 fully saturated rings. The minimum Gasteiger partial charge on any atom is -0.375 e. The second-order valence-electron chi connectivity index (χ2n) is 2.90. The Balaban J connectivity index is 2.77. The molecule has 0 spiro atoms. The summed E-state index contributed by atoms with van der Waals surface area (Å²) in [5, 5.41) is 2.56. The number of para-hydroxylation sites is 1. The van der Waals surface area contributed by atoms with E-state index in [1.807, 2.05) is 0 Å². The van der Waals surface area contributed by atoms with Gasteiger partial charge in [0.2, 0.25) is 0 Å². The molecule has 0 heterocycles. The minimum atomic E-state index is -4.23. The first-order chi connectivity index (χ1) is 6.40. The van der Waals surface area contributed by atoms with Crippen molar-refractivity contribution < 1.29 is 13.2 Å². The van der Waals surface area contributed by atoms with Crippen LogP contribution in [-0.4, -0.2) is 12.7 Å². The van der Waals surface area contributed by atoms with Gasteiger partial charge in [0.1, 0.15) is 6.54 Å². The van der Waals surface area contributed by atoms with E-state index in [0.717, 1.165) is 0 Å². The lowest BCUT2D eigenvalue weighted by Gasteiger charge is -2.12. The van der Waals surface area contributed by atoms with Crippen LogP contribution in [-0.2, 0) is 0 Å². The standard InChI is InChI=1S/C9H9ClF3N/c1-6-3-2-4-7(10)8(6)14-5-9(11,12)13/h2-4,14H,5H2,1H3. The predicted octanol–water partition coefficient (Wildman–Crippen LogP) is 3.62. The van der Waals surface area contributed by atoms with Crippen molar-refractivity contribution in [2.24, 2.45) is 0 Å². The van der Waals surface area contributed by atoms with E-state index in [0.29, 0.717) is 16.3 Å². The molecule has 0 aliphatic rings. The van der Waals surface area contributed by atoms with Crippen molar-refractivity contribution in [3.8, 4) is 0 Å². The second-order valence-corrected chi connectivity index (χ2v) is 3.31. The molecule has 0 saturated carbocycles. The van der Waals surface area contributed by atoms with Gasteiger partial charge in [-0.15, -0.1) is 0 Å². The number of nitrogens with one attached hydrogen (secondary N) is 1. The maximum absolute atomic E-state index is 11.9. The van der Waals surface area contributed by atoms with Crippen molar-refractivity contribution in [2.45, 2.75) is 13.1 Å². The quantitative estimate of drug-likeness (QED) is 0.808. The molecule has 0 atom stereocenters. The third kappa shape index (κ3) is 3.10. The molecular weight excluding hydrogens is 215 g/mol. The summed E-state index contributed by atoms with van der Waals surface area (Å²) in [6, 6.07) is 4.94. The molecule has 1 aromatic carbocycles. The Kier molecular flexibility index (Phi) is 3.26. The third-order valence-corrected chi connectivity index (χ3v) is 2.00. The molecule has 78 valence electrons. The van der Waals surface area contributed by atoms with Gasteiger partial charge in [-0.05, 0) is 18.6 Å². The Morgan fingerprint density at radius 2 is 2.00 bits per heavy atom. The molecule has 0 amide bonds. The van der Waals surface area contributed by atoms with Crippen LogP contribution in [0.15, 0.2) is 18.2 Å². The Bertz CT molecular complexity index is 302. The number of benzene rings is 1. The third-order valence-electron chi connectivity index (χ3n) is 1.69. The number of anilines is 1. The van der Waals surface area contributed by atoms with Crippen molar-refractivity contribution >= 4 is 17.3 Å². The normalized spacial score (nSPS) is 11.5. The number of hydrogen-bond acceptors (Lipinski definition) is 1. The van der Waals surface area contributed by atoms with Crippen LogP contribution in [0.25, 0.3) is 0 Å². The summed E-state index contributed by atoms with van der Waals surface area (Å²) in [7, 11) is 0. The van der Waals surface area contributed by atoms with E-state index in [2.05, 4.69) is 5.32 Å². The molecule has 14 heavy (non-hydrogen) atoms. The molecule has 0 aliphatic heterocycles. The van der Waals surface area contributed by atoms with E-state index in [1.165, 1.54) is 0 Å². The van der Waals surface area contributed by atoms with E-state index >= 15 is 0 Å². The lowest BCUT2D eigenvalue weighted by Crippen LogP contribution is -2.21. The average Bonchev–Trinajstić information content (AvgIpc) is 2.01. The SMILES string of the molecule is Cc1cccc(Cl)c1NCC(F)(F)F. The van der Waals surface area contributed by atoms with Crippen LogP contribution in [0.4, 0.5) is 18.9 Å². The monoisotopic (exact) mass is 223 g/mol. The molecule has 0 aromatic heterocycles. The predicted molar refractivity (Wildman–Crippen MR) is 50.7 cm³/mol. The van der Waals surface area contributed by atoms with E-state index in [9.17, 15) is 13.2 Å². The van der Waals surface area contributed by atoms with Crippen LogP contribution < -0.4 is 5.32 Å². The van der Waals surface area contributed by atoms with Gasteiger partial charge in [-0.25, -0.2) is 0 Å². The van der Waals surface area contributed by atoms with Crippen molar-refractivity contribution in [3.63, 3.8) is 0 Å². The maximum Gasteiger partial charge on any atom is 0.405 e. The molecule has 1 N–H and O–H groups in total. The van der Waals surface area contributed by atoms with Crippen LogP contribution in [0.1, 0.15) is 5.56 Å². The van der Waals surface area contributed by atoms with Gasteiger partial charge in [-0.2, -0.15) is 13.2 Å². The fourth-order valence-corrected chi connectivity index (χ4v) is 1.33. The largest absolute Gasteiger partial charge is 0.405 e. The molecule has 1 nitrogen and oxygen atoms in total. The summed E-state index contributed by atoms with van der Waals surface area (Å²) < 4.78 is 35.7. The number of halogens is 4. The number of rotatable bonds is 2. The summed E-state index contributed by atoms with van der Waals surface area (Å²) in [6.45, 7) is 0.627. The highest BCUT2D eigenvalue weighted by molar-refractivity contribution is 6.33. The molecular formula is C9H9ClF3N. The van der Waals surface area contributed by atoms with Crippen LogP contribution in [0.3, 0.4) is 0 Å². The Hall–Kier alpha value is -0.900. The molecule has 0 radical (unpaired) electrons. The van der Waals surface area contributed by atoms with Gasteiger partial charge >= 0.3 is 6.18 Å². The fraction of sp³-hybridized carbons (Fsp3) is 0.333. The first-order valence-corrected chi connectivity index (χ1v) is 4.34. The van der Waals surface area contributed by atoms with Gasteiger partial charge in [-0.1, -0.05) is 23.7 Å². The minimum absolute atomic E-state index is 0.300. The van der Waals surface area contributed by atoms with Gasteiger partial charge in [0.15, 0.2) is 0 Å². The average molecular weight is 224 g/mol. The summed E-state index contributed by atoms with van der Waals surface area (Å²) >= 11 is 5.73.